The predicted molar refractivity (Wildman–Crippen MR) is 62.4 cm³/mol. The SMILES string of the molecule is CO[C@H]1CNCC1NC(=O)C1CCS(=O)(=O)C1. The van der Waals surface area contributed by atoms with Crippen LogP contribution in [0.4, 0.5) is 0 Å². The number of methoxy groups -OCH3 is 1. The summed E-state index contributed by atoms with van der Waals surface area (Å²) in [4.78, 5) is 11.9. The average Bonchev–Trinajstić information content (AvgIpc) is 2.84. The van der Waals surface area contributed by atoms with Gasteiger partial charge in [0.25, 0.3) is 0 Å². The van der Waals surface area contributed by atoms with Gasteiger partial charge >= 0.3 is 0 Å². The molecular formula is C10H18N2O4S. The van der Waals surface area contributed by atoms with Crippen LogP contribution < -0.4 is 10.6 Å². The molecule has 2 fully saturated rings. The van der Waals surface area contributed by atoms with E-state index in [1.165, 1.54) is 0 Å². The third-order valence-electron chi connectivity index (χ3n) is 3.39. The molecule has 0 spiro atoms. The van der Waals surface area contributed by atoms with Crippen LogP contribution in [0.25, 0.3) is 0 Å². The molecule has 1 amide bonds. The van der Waals surface area contributed by atoms with Gasteiger partial charge in [0.1, 0.15) is 0 Å². The number of amides is 1. The van der Waals surface area contributed by atoms with Crippen molar-refractivity contribution in [2.24, 2.45) is 5.92 Å². The summed E-state index contributed by atoms with van der Waals surface area (Å²) in [6.45, 7) is 1.38. The summed E-state index contributed by atoms with van der Waals surface area (Å²) in [6, 6.07) is -0.0594. The maximum Gasteiger partial charge on any atom is 0.224 e. The highest BCUT2D eigenvalue weighted by molar-refractivity contribution is 7.91. The van der Waals surface area contributed by atoms with Gasteiger partial charge in [0.05, 0.1) is 29.6 Å². The van der Waals surface area contributed by atoms with Gasteiger partial charge < -0.3 is 15.4 Å². The molecule has 2 aliphatic heterocycles. The molecule has 98 valence electrons. The van der Waals surface area contributed by atoms with Crippen LogP contribution in [0.2, 0.25) is 0 Å². The normalized spacial score (nSPS) is 35.9. The number of nitrogens with one attached hydrogen (secondary N) is 2. The second kappa shape index (κ2) is 4.91. The summed E-state index contributed by atoms with van der Waals surface area (Å²) in [6.07, 6.45) is 0.406. The van der Waals surface area contributed by atoms with E-state index < -0.39 is 15.8 Å². The first-order chi connectivity index (χ1) is 8.02. The highest BCUT2D eigenvalue weighted by Gasteiger charge is 2.36. The van der Waals surface area contributed by atoms with Crippen molar-refractivity contribution in [1.82, 2.24) is 10.6 Å². The Kier molecular flexibility index (Phi) is 3.70. The van der Waals surface area contributed by atoms with E-state index in [-0.39, 0.29) is 29.6 Å². The Morgan fingerprint density at radius 3 is 2.76 bits per heavy atom. The van der Waals surface area contributed by atoms with Gasteiger partial charge in [0.15, 0.2) is 9.84 Å². The van der Waals surface area contributed by atoms with Crippen molar-refractivity contribution in [1.29, 1.82) is 0 Å². The molecular weight excluding hydrogens is 244 g/mol. The summed E-state index contributed by atoms with van der Waals surface area (Å²) in [5.74, 6) is -0.446. The van der Waals surface area contributed by atoms with Gasteiger partial charge in [-0.2, -0.15) is 0 Å². The van der Waals surface area contributed by atoms with Gasteiger partial charge in [0.2, 0.25) is 5.91 Å². The third-order valence-corrected chi connectivity index (χ3v) is 5.16. The number of carbonyl (C=O) groups excluding carboxylic acids is 1. The number of ether oxygens (including phenoxy) is 1. The monoisotopic (exact) mass is 262 g/mol. The summed E-state index contributed by atoms with van der Waals surface area (Å²) in [5, 5.41) is 6.00. The van der Waals surface area contributed by atoms with E-state index in [9.17, 15) is 13.2 Å². The zero-order chi connectivity index (χ0) is 12.5. The minimum atomic E-state index is -3.00. The van der Waals surface area contributed by atoms with Gasteiger partial charge in [-0.1, -0.05) is 0 Å². The predicted octanol–water partition coefficient (Wildman–Crippen LogP) is -1.48. The number of hydrogen-bond acceptors (Lipinski definition) is 5. The first kappa shape index (κ1) is 12.8. The van der Waals surface area contributed by atoms with Gasteiger partial charge in [-0.25, -0.2) is 8.42 Å². The highest BCUT2D eigenvalue weighted by Crippen LogP contribution is 2.19. The Morgan fingerprint density at radius 1 is 1.41 bits per heavy atom. The van der Waals surface area contributed by atoms with Crippen molar-refractivity contribution < 1.29 is 17.9 Å². The molecule has 2 saturated heterocycles. The lowest BCUT2D eigenvalue weighted by atomic mass is 10.1. The fourth-order valence-corrected chi connectivity index (χ4v) is 4.09. The smallest absolute Gasteiger partial charge is 0.224 e. The lowest BCUT2D eigenvalue weighted by molar-refractivity contribution is -0.125. The number of rotatable bonds is 3. The van der Waals surface area contributed by atoms with Crippen LogP contribution >= 0.6 is 0 Å². The molecule has 0 aromatic heterocycles. The lowest BCUT2D eigenvalue weighted by Gasteiger charge is -2.20. The molecule has 7 heteroatoms. The zero-order valence-electron chi connectivity index (χ0n) is 9.81. The van der Waals surface area contributed by atoms with Crippen LogP contribution in [0, 0.1) is 5.92 Å². The molecule has 0 saturated carbocycles. The van der Waals surface area contributed by atoms with Gasteiger partial charge in [-0.15, -0.1) is 0 Å². The molecule has 2 N–H and O–H groups in total. The standard InChI is InChI=1S/C10H18N2O4S/c1-16-9-5-11-4-8(9)12-10(13)7-2-3-17(14,15)6-7/h7-9,11H,2-6H2,1H3,(H,12,13)/t7?,8?,9-/m0/s1. The van der Waals surface area contributed by atoms with Crippen LogP contribution in [-0.2, 0) is 19.4 Å². The van der Waals surface area contributed by atoms with E-state index >= 15 is 0 Å². The zero-order valence-corrected chi connectivity index (χ0v) is 10.6. The maximum absolute atomic E-state index is 11.9. The van der Waals surface area contributed by atoms with Crippen LogP contribution in [0.3, 0.4) is 0 Å². The summed E-state index contributed by atoms with van der Waals surface area (Å²) >= 11 is 0. The number of hydrogen-bond donors (Lipinski definition) is 2. The second-order valence-corrected chi connectivity index (χ2v) is 6.88. The molecule has 2 unspecified atom stereocenters. The molecule has 0 bridgehead atoms. The van der Waals surface area contributed by atoms with Crippen LogP contribution in [0.15, 0.2) is 0 Å². The molecule has 3 atom stereocenters. The first-order valence-electron chi connectivity index (χ1n) is 5.76. The van der Waals surface area contributed by atoms with E-state index in [0.717, 1.165) is 0 Å². The topological polar surface area (TPSA) is 84.5 Å². The molecule has 0 radical (unpaired) electrons. The molecule has 17 heavy (non-hydrogen) atoms. The summed E-state index contributed by atoms with van der Waals surface area (Å²) < 4.78 is 27.8. The Bertz CT molecular complexity index is 395. The Morgan fingerprint density at radius 2 is 2.18 bits per heavy atom. The van der Waals surface area contributed by atoms with Crippen LogP contribution in [0.5, 0.6) is 0 Å². The van der Waals surface area contributed by atoms with Crippen molar-refractivity contribution in [3.63, 3.8) is 0 Å². The Labute approximate surface area is 101 Å². The van der Waals surface area contributed by atoms with Crippen molar-refractivity contribution >= 4 is 15.7 Å². The largest absolute Gasteiger partial charge is 0.378 e. The maximum atomic E-state index is 11.9. The van der Waals surface area contributed by atoms with Crippen molar-refractivity contribution in [2.75, 3.05) is 31.7 Å². The minimum absolute atomic E-state index is 0.0172. The van der Waals surface area contributed by atoms with Crippen LogP contribution in [-0.4, -0.2) is 58.2 Å². The van der Waals surface area contributed by atoms with E-state index in [0.29, 0.717) is 19.5 Å². The number of carbonyl (C=O) groups is 1. The first-order valence-corrected chi connectivity index (χ1v) is 7.58. The molecule has 0 aliphatic carbocycles. The Hall–Kier alpha value is -0.660. The summed E-state index contributed by atoms with van der Waals surface area (Å²) in [7, 11) is -1.39. The summed E-state index contributed by atoms with van der Waals surface area (Å²) in [5.41, 5.74) is 0. The molecule has 0 aromatic rings. The van der Waals surface area contributed by atoms with Crippen molar-refractivity contribution in [3.8, 4) is 0 Å². The molecule has 0 aromatic carbocycles. The fraction of sp³-hybridized carbons (Fsp3) is 0.900. The average molecular weight is 262 g/mol. The third kappa shape index (κ3) is 2.97. The van der Waals surface area contributed by atoms with Crippen molar-refractivity contribution in [3.05, 3.63) is 0 Å². The van der Waals surface area contributed by atoms with Gasteiger partial charge in [-0.3, -0.25) is 4.79 Å². The molecule has 2 aliphatic rings. The van der Waals surface area contributed by atoms with E-state index in [1.54, 1.807) is 7.11 Å². The van der Waals surface area contributed by atoms with E-state index in [2.05, 4.69) is 10.6 Å². The van der Waals surface area contributed by atoms with E-state index in [4.69, 9.17) is 4.74 Å². The highest BCUT2D eigenvalue weighted by atomic mass is 32.2. The van der Waals surface area contributed by atoms with E-state index in [1.807, 2.05) is 0 Å². The van der Waals surface area contributed by atoms with Gasteiger partial charge in [-0.05, 0) is 6.42 Å². The fourth-order valence-electron chi connectivity index (χ4n) is 2.35. The molecule has 2 rings (SSSR count). The lowest BCUT2D eigenvalue weighted by Crippen LogP contribution is -2.46. The molecule has 6 nitrogen and oxygen atoms in total. The van der Waals surface area contributed by atoms with Crippen LogP contribution in [0.1, 0.15) is 6.42 Å². The Balaban J connectivity index is 1.89. The van der Waals surface area contributed by atoms with Crippen molar-refractivity contribution in [2.45, 2.75) is 18.6 Å². The second-order valence-electron chi connectivity index (χ2n) is 4.65. The molecule has 2 heterocycles. The minimum Gasteiger partial charge on any atom is -0.378 e. The van der Waals surface area contributed by atoms with Gasteiger partial charge in [0, 0.05) is 20.2 Å². The quantitative estimate of drug-likeness (QED) is 0.648. The number of sulfone groups is 1.